The molecule has 1 saturated heterocycles. The molecule has 1 heterocycles. The lowest BCUT2D eigenvalue weighted by Crippen LogP contribution is -2.32. The molecule has 1 aliphatic heterocycles. The normalized spacial score (nSPS) is 14.3. The average Bonchev–Trinajstić information content (AvgIpc) is 3.13. The van der Waals surface area contributed by atoms with Crippen LogP contribution in [-0.4, -0.2) is 42.3 Å². The molecule has 3 aromatic rings. The zero-order valence-corrected chi connectivity index (χ0v) is 21.9. The number of para-hydroxylation sites is 2. The summed E-state index contributed by atoms with van der Waals surface area (Å²) in [6, 6.07) is 19.3. The molecule has 4 rings (SSSR count). The summed E-state index contributed by atoms with van der Waals surface area (Å²) < 4.78 is 17.3. The predicted octanol–water partition coefficient (Wildman–Crippen LogP) is 6.10. The van der Waals surface area contributed by atoms with E-state index in [4.69, 9.17) is 14.2 Å². The maximum atomic E-state index is 13.0. The number of benzene rings is 3. The van der Waals surface area contributed by atoms with Gasteiger partial charge in [-0.3, -0.25) is 14.5 Å². The van der Waals surface area contributed by atoms with E-state index in [0.29, 0.717) is 22.6 Å². The zero-order valence-electron chi connectivity index (χ0n) is 19.5. The highest BCUT2D eigenvalue weighted by Crippen LogP contribution is 2.35. The number of hydrogen-bond acceptors (Lipinski definition) is 7. The van der Waals surface area contributed by atoms with E-state index in [-0.39, 0.29) is 23.8 Å². The Morgan fingerprint density at radius 3 is 2.44 bits per heavy atom. The third kappa shape index (κ3) is 5.98. The largest absolute Gasteiger partial charge is 0.493 e. The van der Waals surface area contributed by atoms with Crippen LogP contribution in [0.25, 0.3) is 6.08 Å². The molecular weight excluding hydrogens is 546 g/mol. The number of halogens is 1. The highest BCUT2D eigenvalue weighted by molar-refractivity contribution is 9.10. The summed E-state index contributed by atoms with van der Waals surface area (Å²) in [6.07, 6.45) is 1.55. The minimum Gasteiger partial charge on any atom is -0.493 e. The molecule has 0 bridgehead atoms. The fourth-order valence-electron chi connectivity index (χ4n) is 3.39. The van der Waals surface area contributed by atoms with Crippen LogP contribution in [0.4, 0.5) is 4.79 Å². The minimum atomic E-state index is -0.520. The van der Waals surface area contributed by atoms with Crippen LogP contribution in [0.15, 0.2) is 76.1 Å². The molecule has 3 aromatic carbocycles. The van der Waals surface area contributed by atoms with Crippen molar-refractivity contribution in [2.45, 2.75) is 6.92 Å². The Bertz CT molecular complexity index is 1340. The molecule has 2 amide bonds. The Labute approximate surface area is 221 Å². The first-order chi connectivity index (χ1) is 17.4. The van der Waals surface area contributed by atoms with Crippen molar-refractivity contribution in [3.8, 4) is 17.2 Å². The summed E-state index contributed by atoms with van der Waals surface area (Å²) >= 11 is 4.23. The first-order valence-electron chi connectivity index (χ1n) is 11.0. The van der Waals surface area contributed by atoms with Crippen molar-refractivity contribution in [1.82, 2.24) is 4.90 Å². The summed E-state index contributed by atoms with van der Waals surface area (Å²) in [4.78, 5) is 39.5. The molecule has 0 spiro atoms. The lowest BCUT2D eigenvalue weighted by atomic mass is 10.1. The molecule has 0 radical (unpaired) electrons. The Morgan fingerprint density at radius 1 is 1.00 bits per heavy atom. The molecular formula is C27H22BrNO6S. The van der Waals surface area contributed by atoms with Gasteiger partial charge in [0, 0.05) is 10.0 Å². The number of esters is 1. The second-order valence-corrected chi connectivity index (χ2v) is 9.68. The van der Waals surface area contributed by atoms with E-state index in [0.717, 1.165) is 26.7 Å². The molecule has 1 aliphatic rings. The number of rotatable bonds is 8. The standard InChI is InChI=1S/C27H22BrNO6S/c1-17-7-9-18(10-8-17)26(31)35-21-12-11-20(28)15-19(21)16-24-25(30)29(27(32)36-24)13-14-34-23-6-4-3-5-22(23)33-2/h3-12,15-16H,13-14H2,1-2H3/b24-16-. The van der Waals surface area contributed by atoms with Crippen LogP contribution >= 0.6 is 27.7 Å². The van der Waals surface area contributed by atoms with Crippen molar-refractivity contribution in [1.29, 1.82) is 0 Å². The van der Waals surface area contributed by atoms with Crippen LogP contribution in [0.2, 0.25) is 0 Å². The van der Waals surface area contributed by atoms with Crippen LogP contribution in [0.5, 0.6) is 17.2 Å². The van der Waals surface area contributed by atoms with Gasteiger partial charge < -0.3 is 14.2 Å². The van der Waals surface area contributed by atoms with Gasteiger partial charge in [0.05, 0.1) is 24.1 Å². The van der Waals surface area contributed by atoms with Crippen LogP contribution in [0.3, 0.4) is 0 Å². The number of ether oxygens (including phenoxy) is 3. The monoisotopic (exact) mass is 567 g/mol. The van der Waals surface area contributed by atoms with E-state index < -0.39 is 17.1 Å². The van der Waals surface area contributed by atoms with Gasteiger partial charge in [0.1, 0.15) is 12.4 Å². The van der Waals surface area contributed by atoms with Gasteiger partial charge in [-0.05, 0) is 67.2 Å². The molecule has 0 saturated carbocycles. The molecule has 1 fully saturated rings. The molecule has 184 valence electrons. The number of nitrogens with zero attached hydrogens (tertiary/aromatic N) is 1. The van der Waals surface area contributed by atoms with E-state index in [1.807, 2.05) is 31.2 Å². The molecule has 9 heteroatoms. The third-order valence-electron chi connectivity index (χ3n) is 5.26. The van der Waals surface area contributed by atoms with Crippen molar-refractivity contribution in [3.63, 3.8) is 0 Å². The fourth-order valence-corrected chi connectivity index (χ4v) is 4.63. The lowest BCUT2D eigenvalue weighted by molar-refractivity contribution is -0.123. The number of aryl methyl sites for hydroxylation is 1. The van der Waals surface area contributed by atoms with E-state index in [1.54, 1.807) is 48.5 Å². The molecule has 7 nitrogen and oxygen atoms in total. The van der Waals surface area contributed by atoms with Crippen molar-refractivity contribution in [3.05, 3.63) is 92.8 Å². The number of amides is 2. The van der Waals surface area contributed by atoms with Crippen molar-refractivity contribution >= 4 is 50.9 Å². The van der Waals surface area contributed by atoms with Gasteiger partial charge in [0.25, 0.3) is 11.1 Å². The average molecular weight is 568 g/mol. The van der Waals surface area contributed by atoms with Gasteiger partial charge in [0.15, 0.2) is 11.5 Å². The van der Waals surface area contributed by atoms with Crippen molar-refractivity contribution in [2.75, 3.05) is 20.3 Å². The Kier molecular flexibility index (Phi) is 8.12. The summed E-state index contributed by atoms with van der Waals surface area (Å²) in [7, 11) is 1.54. The zero-order chi connectivity index (χ0) is 25.7. The Balaban J connectivity index is 1.48. The number of carbonyl (C=O) groups is 3. The smallest absolute Gasteiger partial charge is 0.343 e. The number of imide groups is 1. The van der Waals surface area contributed by atoms with E-state index in [2.05, 4.69) is 15.9 Å². The van der Waals surface area contributed by atoms with E-state index >= 15 is 0 Å². The van der Waals surface area contributed by atoms with Gasteiger partial charge in [-0.2, -0.15) is 0 Å². The quantitative estimate of drug-likeness (QED) is 0.185. The van der Waals surface area contributed by atoms with Gasteiger partial charge in [-0.25, -0.2) is 4.79 Å². The summed E-state index contributed by atoms with van der Waals surface area (Å²) in [5.41, 5.74) is 1.92. The van der Waals surface area contributed by atoms with Gasteiger partial charge in [-0.15, -0.1) is 0 Å². The van der Waals surface area contributed by atoms with Gasteiger partial charge >= 0.3 is 5.97 Å². The molecule has 0 aromatic heterocycles. The second kappa shape index (κ2) is 11.5. The van der Waals surface area contributed by atoms with Crippen LogP contribution in [-0.2, 0) is 4.79 Å². The summed E-state index contributed by atoms with van der Waals surface area (Å²) in [6.45, 7) is 2.12. The molecule has 36 heavy (non-hydrogen) atoms. The van der Waals surface area contributed by atoms with E-state index in [1.165, 1.54) is 7.11 Å². The van der Waals surface area contributed by atoms with Crippen molar-refractivity contribution < 1.29 is 28.6 Å². The van der Waals surface area contributed by atoms with Crippen LogP contribution in [0, 0.1) is 6.92 Å². The predicted molar refractivity (Wildman–Crippen MR) is 141 cm³/mol. The maximum absolute atomic E-state index is 13.0. The molecule has 0 aliphatic carbocycles. The number of hydrogen-bond donors (Lipinski definition) is 0. The van der Waals surface area contributed by atoms with Gasteiger partial charge in [-0.1, -0.05) is 45.8 Å². The topological polar surface area (TPSA) is 82.1 Å². The number of methoxy groups -OCH3 is 1. The Morgan fingerprint density at radius 2 is 1.72 bits per heavy atom. The summed E-state index contributed by atoms with van der Waals surface area (Å²) in [5, 5.41) is -0.400. The highest BCUT2D eigenvalue weighted by atomic mass is 79.9. The SMILES string of the molecule is COc1ccccc1OCCN1C(=O)S/C(=C\c2cc(Br)ccc2OC(=O)c2ccc(C)cc2)C1=O. The fraction of sp³-hybridized carbons (Fsp3) is 0.148. The molecule has 0 N–H and O–H groups in total. The maximum Gasteiger partial charge on any atom is 0.343 e. The number of carbonyl (C=O) groups excluding carboxylic acids is 3. The van der Waals surface area contributed by atoms with Crippen LogP contribution < -0.4 is 14.2 Å². The summed E-state index contributed by atoms with van der Waals surface area (Å²) in [5.74, 6) is 0.402. The van der Waals surface area contributed by atoms with Gasteiger partial charge in [0.2, 0.25) is 0 Å². The first kappa shape index (κ1) is 25.5. The highest BCUT2D eigenvalue weighted by Gasteiger charge is 2.35. The van der Waals surface area contributed by atoms with Crippen LogP contribution in [0.1, 0.15) is 21.5 Å². The minimum absolute atomic E-state index is 0.0772. The van der Waals surface area contributed by atoms with E-state index in [9.17, 15) is 14.4 Å². The molecule has 0 atom stereocenters. The van der Waals surface area contributed by atoms with Crippen molar-refractivity contribution in [2.24, 2.45) is 0 Å². The number of thioether (sulfide) groups is 1. The first-order valence-corrected chi connectivity index (χ1v) is 12.6. The molecule has 0 unspecified atom stereocenters. The lowest BCUT2D eigenvalue weighted by Gasteiger charge is -2.14. The third-order valence-corrected chi connectivity index (χ3v) is 6.66. The second-order valence-electron chi connectivity index (χ2n) is 7.77. The Hall–Kier alpha value is -3.56.